The number of hydrogen-bond donors (Lipinski definition) is 1. The fraction of sp³-hybridized carbons (Fsp3) is 0.294. The molecule has 0 aliphatic heterocycles. The highest BCUT2D eigenvalue weighted by molar-refractivity contribution is 5.95. The van der Waals surface area contributed by atoms with Gasteiger partial charge in [0.2, 0.25) is 5.91 Å². The lowest BCUT2D eigenvalue weighted by Crippen LogP contribution is -2.13. The molecule has 0 atom stereocenters. The van der Waals surface area contributed by atoms with E-state index in [9.17, 15) is 4.79 Å². The lowest BCUT2D eigenvalue weighted by Gasteiger charge is -2.03. The van der Waals surface area contributed by atoms with Gasteiger partial charge in [-0.2, -0.15) is 5.10 Å². The Morgan fingerprint density at radius 3 is 2.87 bits per heavy atom. The van der Waals surface area contributed by atoms with E-state index in [0.29, 0.717) is 18.7 Å². The summed E-state index contributed by atoms with van der Waals surface area (Å²) in [5.41, 5.74) is 2.84. The highest BCUT2D eigenvalue weighted by atomic mass is 16.5. The van der Waals surface area contributed by atoms with Gasteiger partial charge >= 0.3 is 0 Å². The number of aromatic nitrogens is 3. The van der Waals surface area contributed by atoms with Gasteiger partial charge in [0.15, 0.2) is 0 Å². The molecule has 0 fully saturated rings. The lowest BCUT2D eigenvalue weighted by atomic mass is 10.1. The summed E-state index contributed by atoms with van der Waals surface area (Å²) in [6.07, 6.45) is 5.78. The first-order chi connectivity index (χ1) is 11.2. The standard InChI is InChI=1S/C17H20N4O2/c1-20-12-14(10-18-20)19-17(22)9-13-11-21(7-8-23-2)16-6-4-3-5-15(13)16/h3-6,10-12H,7-9H2,1-2H3,(H,19,22). The minimum Gasteiger partial charge on any atom is -0.383 e. The average molecular weight is 312 g/mol. The summed E-state index contributed by atoms with van der Waals surface area (Å²) < 4.78 is 8.95. The second-order valence-electron chi connectivity index (χ2n) is 5.49. The number of carbonyl (C=O) groups excluding carboxylic acids is 1. The molecule has 1 amide bonds. The molecule has 1 N–H and O–H groups in total. The molecule has 0 aliphatic carbocycles. The number of fused-ring (bicyclic) bond motifs is 1. The maximum atomic E-state index is 12.3. The number of nitrogens with one attached hydrogen (secondary N) is 1. The molecule has 6 heteroatoms. The van der Waals surface area contributed by atoms with Crippen molar-refractivity contribution in [3.63, 3.8) is 0 Å². The molecular formula is C17H20N4O2. The van der Waals surface area contributed by atoms with Crippen LogP contribution in [0.1, 0.15) is 5.56 Å². The molecule has 2 heterocycles. The Morgan fingerprint density at radius 1 is 1.30 bits per heavy atom. The number of rotatable bonds is 6. The molecule has 3 aromatic rings. The Labute approximate surface area is 134 Å². The molecule has 0 radical (unpaired) electrons. The third kappa shape index (κ3) is 3.43. The molecule has 120 valence electrons. The van der Waals surface area contributed by atoms with E-state index in [4.69, 9.17) is 4.74 Å². The molecule has 0 saturated heterocycles. The van der Waals surface area contributed by atoms with E-state index in [1.807, 2.05) is 31.4 Å². The number of methoxy groups -OCH3 is 1. The smallest absolute Gasteiger partial charge is 0.228 e. The van der Waals surface area contributed by atoms with Gasteiger partial charge in [-0.25, -0.2) is 0 Å². The van der Waals surface area contributed by atoms with Crippen molar-refractivity contribution in [1.29, 1.82) is 0 Å². The number of amides is 1. The van der Waals surface area contributed by atoms with Crippen LogP contribution in [0.5, 0.6) is 0 Å². The predicted octanol–water partition coefficient (Wildman–Crippen LogP) is 2.20. The van der Waals surface area contributed by atoms with Crippen LogP contribution in [0.15, 0.2) is 42.9 Å². The molecule has 2 aromatic heterocycles. The van der Waals surface area contributed by atoms with Crippen molar-refractivity contribution < 1.29 is 9.53 Å². The fourth-order valence-electron chi connectivity index (χ4n) is 2.70. The van der Waals surface area contributed by atoms with Gasteiger partial charge in [-0.3, -0.25) is 9.48 Å². The van der Waals surface area contributed by atoms with Crippen molar-refractivity contribution >= 4 is 22.5 Å². The summed E-state index contributed by atoms with van der Waals surface area (Å²) in [5, 5.41) is 8.02. The van der Waals surface area contributed by atoms with Crippen molar-refractivity contribution in [3.05, 3.63) is 48.4 Å². The Morgan fingerprint density at radius 2 is 2.13 bits per heavy atom. The summed E-state index contributed by atoms with van der Waals surface area (Å²) in [7, 11) is 3.51. The summed E-state index contributed by atoms with van der Waals surface area (Å²) in [4.78, 5) is 12.3. The fourth-order valence-corrected chi connectivity index (χ4v) is 2.70. The lowest BCUT2D eigenvalue weighted by molar-refractivity contribution is -0.115. The maximum Gasteiger partial charge on any atom is 0.228 e. The van der Waals surface area contributed by atoms with E-state index >= 15 is 0 Å². The number of ether oxygens (including phenoxy) is 1. The molecule has 0 aliphatic rings. The first-order valence-corrected chi connectivity index (χ1v) is 7.51. The number of hydrogen-bond acceptors (Lipinski definition) is 3. The molecule has 0 unspecified atom stereocenters. The van der Waals surface area contributed by atoms with Crippen LogP contribution in [-0.4, -0.2) is 34.0 Å². The van der Waals surface area contributed by atoms with E-state index in [-0.39, 0.29) is 5.91 Å². The van der Waals surface area contributed by atoms with Crippen LogP contribution in [0, 0.1) is 0 Å². The first-order valence-electron chi connectivity index (χ1n) is 7.51. The van der Waals surface area contributed by atoms with Crippen molar-refractivity contribution in [1.82, 2.24) is 14.3 Å². The van der Waals surface area contributed by atoms with Crippen LogP contribution in [0.4, 0.5) is 5.69 Å². The maximum absolute atomic E-state index is 12.3. The largest absolute Gasteiger partial charge is 0.383 e. The van der Waals surface area contributed by atoms with Gasteiger partial charge in [0, 0.05) is 44.0 Å². The Hall–Kier alpha value is -2.60. The quantitative estimate of drug-likeness (QED) is 0.759. The third-order valence-electron chi connectivity index (χ3n) is 3.75. The van der Waals surface area contributed by atoms with Crippen molar-refractivity contribution in [2.45, 2.75) is 13.0 Å². The topological polar surface area (TPSA) is 61.1 Å². The molecule has 3 rings (SSSR count). The molecule has 23 heavy (non-hydrogen) atoms. The van der Waals surface area contributed by atoms with Gasteiger partial charge in [0.25, 0.3) is 0 Å². The van der Waals surface area contributed by atoms with Crippen molar-refractivity contribution in [2.75, 3.05) is 19.0 Å². The van der Waals surface area contributed by atoms with E-state index in [1.165, 1.54) is 0 Å². The number of para-hydroxylation sites is 1. The number of benzene rings is 1. The van der Waals surface area contributed by atoms with Crippen LogP contribution in [0.25, 0.3) is 10.9 Å². The highest BCUT2D eigenvalue weighted by Crippen LogP contribution is 2.22. The summed E-state index contributed by atoms with van der Waals surface area (Å²) in [5.74, 6) is -0.0485. The first kappa shape index (κ1) is 15.3. The zero-order chi connectivity index (χ0) is 16.2. The third-order valence-corrected chi connectivity index (χ3v) is 3.75. The summed E-state index contributed by atoms with van der Waals surface area (Å²) in [6, 6.07) is 8.11. The van der Waals surface area contributed by atoms with Crippen LogP contribution in [0.2, 0.25) is 0 Å². The van der Waals surface area contributed by atoms with Crippen LogP contribution >= 0.6 is 0 Å². The predicted molar refractivity (Wildman–Crippen MR) is 89.4 cm³/mol. The summed E-state index contributed by atoms with van der Waals surface area (Å²) in [6.45, 7) is 1.40. The van der Waals surface area contributed by atoms with Crippen molar-refractivity contribution in [2.24, 2.45) is 7.05 Å². The number of anilines is 1. The number of nitrogens with zero attached hydrogens (tertiary/aromatic N) is 3. The average Bonchev–Trinajstić information content (AvgIpc) is 3.10. The van der Waals surface area contributed by atoms with Gasteiger partial charge < -0.3 is 14.6 Å². The van der Waals surface area contributed by atoms with Gasteiger partial charge in [-0.05, 0) is 11.6 Å². The van der Waals surface area contributed by atoms with Gasteiger partial charge in [0.05, 0.1) is 24.9 Å². The SMILES string of the molecule is COCCn1cc(CC(=O)Nc2cnn(C)c2)c2ccccc21. The van der Waals surface area contributed by atoms with E-state index in [2.05, 4.69) is 21.0 Å². The van der Waals surface area contributed by atoms with Crippen LogP contribution in [-0.2, 0) is 29.5 Å². The van der Waals surface area contributed by atoms with Gasteiger partial charge in [0.1, 0.15) is 0 Å². The Kier molecular flexibility index (Phi) is 4.43. The zero-order valence-electron chi connectivity index (χ0n) is 13.3. The minimum absolute atomic E-state index is 0.0485. The second-order valence-corrected chi connectivity index (χ2v) is 5.49. The van der Waals surface area contributed by atoms with Crippen molar-refractivity contribution in [3.8, 4) is 0 Å². The van der Waals surface area contributed by atoms with Crippen LogP contribution in [0.3, 0.4) is 0 Å². The van der Waals surface area contributed by atoms with Gasteiger partial charge in [-0.15, -0.1) is 0 Å². The molecule has 6 nitrogen and oxygen atoms in total. The van der Waals surface area contributed by atoms with E-state index in [1.54, 1.807) is 24.2 Å². The molecule has 1 aromatic carbocycles. The molecular weight excluding hydrogens is 292 g/mol. The van der Waals surface area contributed by atoms with Gasteiger partial charge in [-0.1, -0.05) is 18.2 Å². The Balaban J connectivity index is 1.80. The van der Waals surface area contributed by atoms with Crippen LogP contribution < -0.4 is 5.32 Å². The van der Waals surface area contributed by atoms with E-state index in [0.717, 1.165) is 23.0 Å². The second kappa shape index (κ2) is 6.66. The minimum atomic E-state index is -0.0485. The summed E-state index contributed by atoms with van der Waals surface area (Å²) >= 11 is 0. The Bertz CT molecular complexity index is 819. The normalized spacial score (nSPS) is 11.0. The van der Waals surface area contributed by atoms with E-state index < -0.39 is 0 Å². The number of carbonyl (C=O) groups is 1. The molecule has 0 spiro atoms. The zero-order valence-corrected chi connectivity index (χ0v) is 13.3. The molecule has 0 saturated carbocycles. The highest BCUT2D eigenvalue weighted by Gasteiger charge is 2.12. The monoisotopic (exact) mass is 312 g/mol. The molecule has 0 bridgehead atoms. The number of aryl methyl sites for hydroxylation is 1.